The summed E-state index contributed by atoms with van der Waals surface area (Å²) >= 11 is 0. The third-order valence-electron chi connectivity index (χ3n) is 4.21. The summed E-state index contributed by atoms with van der Waals surface area (Å²) in [6.07, 6.45) is 4.81. The maximum Gasteiger partial charge on any atom is 0.339 e. The molecule has 0 spiro atoms. The summed E-state index contributed by atoms with van der Waals surface area (Å²) in [5, 5.41) is 2.98. The molecule has 1 aliphatic carbocycles. The topological polar surface area (TPSA) is 55.4 Å². The van der Waals surface area contributed by atoms with Gasteiger partial charge >= 0.3 is 5.97 Å². The lowest BCUT2D eigenvalue weighted by atomic mass is 9.95. The number of hydrogen-bond donors (Lipinski definition) is 1. The van der Waals surface area contributed by atoms with Crippen LogP contribution in [0, 0.1) is 13.8 Å². The predicted octanol–water partition coefficient (Wildman–Crippen LogP) is 3.30. The van der Waals surface area contributed by atoms with E-state index in [4.69, 9.17) is 4.74 Å². The summed E-state index contributed by atoms with van der Waals surface area (Å²) in [7, 11) is 0. The molecule has 0 radical (unpaired) electrons. The fourth-order valence-electron chi connectivity index (χ4n) is 2.89. The van der Waals surface area contributed by atoms with E-state index in [0.717, 1.165) is 36.8 Å². The fraction of sp³-hybridized carbons (Fsp3) is 0.556. The third-order valence-corrected chi connectivity index (χ3v) is 4.21. The number of nitrogens with one attached hydrogen (secondary N) is 1. The van der Waals surface area contributed by atoms with Gasteiger partial charge in [-0.25, -0.2) is 4.79 Å². The zero-order valence-electron chi connectivity index (χ0n) is 13.6. The summed E-state index contributed by atoms with van der Waals surface area (Å²) in [4.78, 5) is 24.3. The molecular formula is C18H25NO3. The number of carbonyl (C=O) groups excluding carboxylic acids is 2. The van der Waals surface area contributed by atoms with E-state index in [-0.39, 0.29) is 11.9 Å². The Balaban J connectivity index is 1.91. The maximum atomic E-state index is 12.2. The van der Waals surface area contributed by atoms with Crippen LogP contribution in [0.25, 0.3) is 0 Å². The van der Waals surface area contributed by atoms with Crippen LogP contribution in [-0.4, -0.2) is 24.0 Å². The molecule has 1 unspecified atom stereocenters. The van der Waals surface area contributed by atoms with Crippen molar-refractivity contribution in [2.45, 2.75) is 65.0 Å². The SMILES string of the molecule is Cc1ccc(C(=O)OC(C)C(=O)NC2CCCCC2)c(C)c1. The van der Waals surface area contributed by atoms with E-state index in [1.165, 1.54) is 6.42 Å². The standard InChI is InChI=1S/C18H25NO3/c1-12-9-10-16(13(2)11-12)18(21)22-14(3)17(20)19-15-7-5-4-6-8-15/h9-11,14-15H,4-8H2,1-3H3,(H,19,20). The van der Waals surface area contributed by atoms with Gasteiger partial charge in [0.15, 0.2) is 6.10 Å². The zero-order chi connectivity index (χ0) is 16.1. The molecule has 0 aromatic heterocycles. The largest absolute Gasteiger partial charge is 0.449 e. The van der Waals surface area contributed by atoms with Gasteiger partial charge in [-0.15, -0.1) is 0 Å². The van der Waals surface area contributed by atoms with Gasteiger partial charge in [0, 0.05) is 6.04 Å². The van der Waals surface area contributed by atoms with Crippen molar-refractivity contribution in [2.24, 2.45) is 0 Å². The molecule has 1 aliphatic rings. The predicted molar refractivity (Wildman–Crippen MR) is 85.8 cm³/mol. The van der Waals surface area contributed by atoms with Gasteiger partial charge in [-0.1, -0.05) is 37.0 Å². The van der Waals surface area contributed by atoms with Gasteiger partial charge in [-0.3, -0.25) is 4.79 Å². The van der Waals surface area contributed by atoms with Crippen molar-refractivity contribution < 1.29 is 14.3 Å². The van der Waals surface area contributed by atoms with E-state index in [2.05, 4.69) is 5.32 Å². The van der Waals surface area contributed by atoms with Gasteiger partial charge in [0.2, 0.25) is 0 Å². The second-order valence-corrected chi connectivity index (χ2v) is 6.21. The lowest BCUT2D eigenvalue weighted by molar-refractivity contribution is -0.130. The molecule has 0 heterocycles. The van der Waals surface area contributed by atoms with Crippen molar-refractivity contribution in [2.75, 3.05) is 0 Å². The first-order valence-electron chi connectivity index (χ1n) is 8.06. The highest BCUT2D eigenvalue weighted by Gasteiger charge is 2.23. The minimum atomic E-state index is -0.768. The number of ether oxygens (including phenoxy) is 1. The molecule has 1 atom stereocenters. The fourth-order valence-corrected chi connectivity index (χ4v) is 2.89. The van der Waals surface area contributed by atoms with Crippen LogP contribution < -0.4 is 5.32 Å². The van der Waals surface area contributed by atoms with Gasteiger partial charge < -0.3 is 10.1 Å². The first-order valence-corrected chi connectivity index (χ1v) is 8.06. The highest BCUT2D eigenvalue weighted by Crippen LogP contribution is 2.18. The first-order chi connectivity index (χ1) is 10.5. The molecule has 0 aliphatic heterocycles. The average Bonchev–Trinajstić information content (AvgIpc) is 2.47. The summed E-state index contributed by atoms with van der Waals surface area (Å²) < 4.78 is 5.31. The molecule has 2 rings (SSSR count). The van der Waals surface area contributed by atoms with Crippen LogP contribution in [0.5, 0.6) is 0 Å². The Morgan fingerprint density at radius 2 is 1.86 bits per heavy atom. The Morgan fingerprint density at radius 3 is 2.50 bits per heavy atom. The second-order valence-electron chi connectivity index (χ2n) is 6.21. The quantitative estimate of drug-likeness (QED) is 0.868. The monoisotopic (exact) mass is 303 g/mol. The number of hydrogen-bond acceptors (Lipinski definition) is 3. The van der Waals surface area contributed by atoms with Crippen LogP contribution in [-0.2, 0) is 9.53 Å². The molecular weight excluding hydrogens is 278 g/mol. The van der Waals surface area contributed by atoms with E-state index in [0.29, 0.717) is 5.56 Å². The van der Waals surface area contributed by atoms with Gasteiger partial charge in [-0.05, 0) is 45.2 Å². The molecule has 22 heavy (non-hydrogen) atoms. The molecule has 1 aromatic carbocycles. The van der Waals surface area contributed by atoms with Gasteiger partial charge in [0.1, 0.15) is 0 Å². The lowest BCUT2D eigenvalue weighted by Crippen LogP contribution is -2.42. The summed E-state index contributed by atoms with van der Waals surface area (Å²) in [5.41, 5.74) is 2.48. The number of benzene rings is 1. The van der Waals surface area contributed by atoms with Crippen LogP contribution in [0.15, 0.2) is 18.2 Å². The van der Waals surface area contributed by atoms with Gasteiger partial charge in [-0.2, -0.15) is 0 Å². The smallest absolute Gasteiger partial charge is 0.339 e. The van der Waals surface area contributed by atoms with Crippen LogP contribution in [0.3, 0.4) is 0 Å². The number of aryl methyl sites for hydroxylation is 2. The number of amides is 1. The van der Waals surface area contributed by atoms with Crippen molar-refractivity contribution >= 4 is 11.9 Å². The van der Waals surface area contributed by atoms with E-state index < -0.39 is 12.1 Å². The van der Waals surface area contributed by atoms with Crippen molar-refractivity contribution in [3.8, 4) is 0 Å². The molecule has 0 saturated heterocycles. The van der Waals surface area contributed by atoms with E-state index in [1.807, 2.05) is 26.0 Å². The lowest BCUT2D eigenvalue weighted by Gasteiger charge is -2.24. The molecule has 0 bridgehead atoms. The van der Waals surface area contributed by atoms with Crippen LogP contribution in [0.1, 0.15) is 60.5 Å². The van der Waals surface area contributed by atoms with E-state index in [9.17, 15) is 9.59 Å². The highest BCUT2D eigenvalue weighted by atomic mass is 16.5. The minimum Gasteiger partial charge on any atom is -0.449 e. The Morgan fingerprint density at radius 1 is 1.18 bits per heavy atom. The molecule has 1 fully saturated rings. The Hall–Kier alpha value is -1.84. The molecule has 4 heteroatoms. The van der Waals surface area contributed by atoms with E-state index >= 15 is 0 Å². The molecule has 1 saturated carbocycles. The van der Waals surface area contributed by atoms with Crippen molar-refractivity contribution in [3.63, 3.8) is 0 Å². The summed E-state index contributed by atoms with van der Waals surface area (Å²) in [6, 6.07) is 5.78. The van der Waals surface area contributed by atoms with Crippen molar-refractivity contribution in [1.29, 1.82) is 0 Å². The van der Waals surface area contributed by atoms with Gasteiger partial charge in [0.05, 0.1) is 5.56 Å². The Bertz CT molecular complexity index is 547. The molecule has 1 amide bonds. The molecule has 120 valence electrons. The molecule has 1 N–H and O–H groups in total. The van der Waals surface area contributed by atoms with Gasteiger partial charge in [0.25, 0.3) is 5.91 Å². The summed E-state index contributed by atoms with van der Waals surface area (Å²) in [6.45, 7) is 5.47. The Labute approximate surface area is 132 Å². The first kappa shape index (κ1) is 16.5. The Kier molecular flexibility index (Phi) is 5.58. The van der Waals surface area contributed by atoms with Crippen LogP contribution in [0.2, 0.25) is 0 Å². The number of rotatable bonds is 4. The second kappa shape index (κ2) is 7.43. The normalized spacial score (nSPS) is 16.9. The van der Waals surface area contributed by atoms with Crippen LogP contribution >= 0.6 is 0 Å². The number of carbonyl (C=O) groups is 2. The zero-order valence-corrected chi connectivity index (χ0v) is 13.6. The van der Waals surface area contributed by atoms with Crippen LogP contribution in [0.4, 0.5) is 0 Å². The van der Waals surface area contributed by atoms with Crippen molar-refractivity contribution in [3.05, 3.63) is 34.9 Å². The number of esters is 1. The molecule has 4 nitrogen and oxygen atoms in total. The third kappa shape index (κ3) is 4.33. The van der Waals surface area contributed by atoms with E-state index in [1.54, 1.807) is 13.0 Å². The highest BCUT2D eigenvalue weighted by molar-refractivity contribution is 5.93. The summed E-state index contributed by atoms with van der Waals surface area (Å²) in [5.74, 6) is -0.645. The minimum absolute atomic E-state index is 0.204. The molecule has 1 aromatic rings. The van der Waals surface area contributed by atoms with Crippen molar-refractivity contribution in [1.82, 2.24) is 5.32 Å². The average molecular weight is 303 g/mol. The maximum absolute atomic E-state index is 12.2.